The molecule has 0 heterocycles. The molecule has 0 rings (SSSR count). The fourth-order valence-corrected chi connectivity index (χ4v) is 3.04. The molecule has 3 N–H and O–H groups in total. The highest BCUT2D eigenvalue weighted by atomic mass is 31.2. The van der Waals surface area contributed by atoms with Crippen molar-refractivity contribution in [2.45, 2.75) is 39.3 Å². The van der Waals surface area contributed by atoms with Crippen LogP contribution in [0.4, 0.5) is 0 Å². The van der Waals surface area contributed by atoms with Crippen LogP contribution in [-0.2, 0) is 37.2 Å². The Morgan fingerprint density at radius 1 is 1.19 bits per heavy atom. The molecule has 0 aromatic carbocycles. The molecule has 11 heteroatoms. The van der Waals surface area contributed by atoms with E-state index in [9.17, 15) is 14.2 Å². The number of phosphoric acid groups is 1. The molecule has 0 saturated carbocycles. The number of ether oxygens (including phenoxy) is 2. The van der Waals surface area contributed by atoms with E-state index in [1.807, 2.05) is 0 Å². The molecule has 0 bridgehead atoms. The van der Waals surface area contributed by atoms with Crippen LogP contribution in [-0.4, -0.2) is 63.6 Å². The summed E-state index contributed by atoms with van der Waals surface area (Å²) in [5.74, 6) is -0.662. The summed E-state index contributed by atoms with van der Waals surface area (Å²) in [7, 11) is -3.84. The molecule has 1 unspecified atom stereocenters. The second kappa shape index (κ2) is 14.7. The Morgan fingerprint density at radius 3 is 2.44 bits per heavy atom. The smallest absolute Gasteiger partial charge is 0.463 e. The largest absolute Gasteiger partial charge is 0.475 e. The van der Waals surface area contributed by atoms with E-state index in [1.54, 1.807) is 6.92 Å². The summed E-state index contributed by atoms with van der Waals surface area (Å²) in [6.45, 7) is 8.25. The monoisotopic (exact) mass is 410 g/mol. The lowest BCUT2D eigenvalue weighted by Gasteiger charge is -2.22. The van der Waals surface area contributed by atoms with Gasteiger partial charge in [0.15, 0.2) is 0 Å². The van der Waals surface area contributed by atoms with E-state index in [0.29, 0.717) is 13.0 Å². The van der Waals surface area contributed by atoms with Crippen molar-refractivity contribution in [1.29, 1.82) is 0 Å². The lowest BCUT2D eigenvalue weighted by atomic mass is 10.3. The molecule has 0 aliphatic rings. The summed E-state index contributed by atoms with van der Waals surface area (Å²) in [4.78, 5) is 22.2. The maximum Gasteiger partial charge on any atom is 0.475 e. The molecule has 27 heavy (non-hydrogen) atoms. The predicted molar refractivity (Wildman–Crippen MR) is 99.0 cm³/mol. The molecule has 0 aromatic rings. The number of hydrogen-bond donors (Lipinski definition) is 2. The van der Waals surface area contributed by atoms with Gasteiger partial charge in [0, 0.05) is 26.8 Å². The zero-order valence-corrected chi connectivity index (χ0v) is 17.1. The number of esters is 1. The van der Waals surface area contributed by atoms with Crippen molar-refractivity contribution >= 4 is 19.7 Å². The van der Waals surface area contributed by atoms with Crippen LogP contribution in [0.15, 0.2) is 12.7 Å². The summed E-state index contributed by atoms with van der Waals surface area (Å²) in [5, 5.41) is 2.63. The summed E-state index contributed by atoms with van der Waals surface area (Å²) in [6, 6.07) is -0.575. The third-order valence-corrected chi connectivity index (χ3v) is 4.34. The third kappa shape index (κ3) is 14.4. The van der Waals surface area contributed by atoms with Gasteiger partial charge in [0.2, 0.25) is 5.91 Å². The van der Waals surface area contributed by atoms with Gasteiger partial charge in [-0.2, -0.15) is 0 Å². The Balaban J connectivity index is 4.52. The van der Waals surface area contributed by atoms with E-state index in [2.05, 4.69) is 11.9 Å². The first-order chi connectivity index (χ1) is 12.7. The van der Waals surface area contributed by atoms with Gasteiger partial charge in [-0.1, -0.05) is 6.08 Å². The van der Waals surface area contributed by atoms with E-state index >= 15 is 0 Å². The Morgan fingerprint density at radius 2 is 1.89 bits per heavy atom. The van der Waals surface area contributed by atoms with Crippen LogP contribution in [0.1, 0.15) is 27.2 Å². The molecule has 0 aliphatic carbocycles. The van der Waals surface area contributed by atoms with E-state index < -0.39 is 13.9 Å². The summed E-state index contributed by atoms with van der Waals surface area (Å²) in [6.07, 6.45) is 1.61. The zero-order chi connectivity index (χ0) is 20.7. The van der Waals surface area contributed by atoms with Gasteiger partial charge in [0.25, 0.3) is 0 Å². The lowest BCUT2D eigenvalue weighted by molar-refractivity contribution is -0.146. The van der Waals surface area contributed by atoms with Crippen molar-refractivity contribution in [1.82, 2.24) is 5.32 Å². The first kappa shape index (κ1) is 25.7. The number of rotatable bonds is 16. The second-order valence-corrected chi connectivity index (χ2v) is 7.30. The Labute approximate surface area is 160 Å². The van der Waals surface area contributed by atoms with Crippen LogP contribution in [0, 0.1) is 0 Å². The molecule has 0 spiro atoms. The molecule has 1 amide bonds. The number of nitrogens with two attached hydrogens (primary N) is 1. The van der Waals surface area contributed by atoms with Crippen LogP contribution in [0.3, 0.4) is 0 Å². The van der Waals surface area contributed by atoms with Gasteiger partial charge in [-0.25, -0.2) is 4.57 Å². The number of phosphoric ester groups is 1. The fourth-order valence-electron chi connectivity index (χ4n) is 1.84. The van der Waals surface area contributed by atoms with Gasteiger partial charge in [0.1, 0.15) is 6.10 Å². The Bertz CT molecular complexity index is 503. The number of amides is 1. The van der Waals surface area contributed by atoms with Gasteiger partial charge in [0.05, 0.1) is 39.1 Å². The van der Waals surface area contributed by atoms with E-state index in [1.165, 1.54) is 19.9 Å². The predicted octanol–water partition coefficient (Wildman–Crippen LogP) is 1.15. The molecule has 0 aromatic heterocycles. The van der Waals surface area contributed by atoms with E-state index in [4.69, 9.17) is 28.8 Å². The van der Waals surface area contributed by atoms with E-state index in [-0.39, 0.29) is 51.0 Å². The highest BCUT2D eigenvalue weighted by Crippen LogP contribution is 2.49. The molecule has 10 nitrogen and oxygen atoms in total. The first-order valence-electron chi connectivity index (χ1n) is 8.59. The minimum absolute atomic E-state index is 0.0102. The van der Waals surface area contributed by atoms with Crippen molar-refractivity contribution in [3.8, 4) is 0 Å². The number of hydrogen-bond acceptors (Lipinski definition) is 9. The minimum Gasteiger partial charge on any atom is -0.463 e. The molecule has 0 saturated heterocycles. The first-order valence-corrected chi connectivity index (χ1v) is 10.0. The lowest BCUT2D eigenvalue weighted by Crippen LogP contribution is -2.40. The average molecular weight is 410 g/mol. The van der Waals surface area contributed by atoms with Crippen LogP contribution in [0.2, 0.25) is 0 Å². The summed E-state index contributed by atoms with van der Waals surface area (Å²) in [5.41, 5.74) is 5.34. The van der Waals surface area contributed by atoms with Gasteiger partial charge in [-0.05, 0) is 6.92 Å². The topological polar surface area (TPSA) is 135 Å². The van der Waals surface area contributed by atoms with Gasteiger partial charge < -0.3 is 20.5 Å². The van der Waals surface area contributed by atoms with Crippen LogP contribution >= 0.6 is 7.82 Å². The van der Waals surface area contributed by atoms with Gasteiger partial charge in [-0.15, -0.1) is 6.58 Å². The van der Waals surface area contributed by atoms with Crippen molar-refractivity contribution < 1.29 is 37.2 Å². The average Bonchev–Trinajstić information content (AvgIpc) is 2.58. The number of nitrogens with one attached hydrogen (secondary N) is 1. The summed E-state index contributed by atoms with van der Waals surface area (Å²) < 4.78 is 38.3. The van der Waals surface area contributed by atoms with Crippen molar-refractivity contribution in [2.24, 2.45) is 5.73 Å². The fraction of sp³-hybridized carbons (Fsp3) is 0.750. The maximum atomic E-state index is 12.5. The highest BCUT2D eigenvalue weighted by Gasteiger charge is 2.28. The van der Waals surface area contributed by atoms with Crippen LogP contribution in [0.25, 0.3) is 0 Å². The molecule has 0 aliphatic heterocycles. The van der Waals surface area contributed by atoms with Crippen molar-refractivity contribution in [3.05, 3.63) is 12.7 Å². The summed E-state index contributed by atoms with van der Waals surface area (Å²) >= 11 is 0. The Hall–Kier alpha value is -1.29. The molecule has 0 fully saturated rings. The molecule has 3 atom stereocenters. The zero-order valence-electron chi connectivity index (χ0n) is 16.2. The third-order valence-electron chi connectivity index (χ3n) is 2.91. The second-order valence-electron chi connectivity index (χ2n) is 5.63. The number of carbonyl (C=O) groups is 2. The maximum absolute atomic E-state index is 12.5. The van der Waals surface area contributed by atoms with E-state index in [0.717, 1.165) is 0 Å². The van der Waals surface area contributed by atoms with Crippen LogP contribution in [0.5, 0.6) is 0 Å². The minimum atomic E-state index is -3.84. The molecular formula is C16H31N2O8P. The highest BCUT2D eigenvalue weighted by molar-refractivity contribution is 7.48. The molecule has 0 radical (unpaired) electrons. The standard InChI is InChI=1S/C16H31N2O8P/c1-5-8-23-27(21,24-10-7-17)25-12-16(18-14(3)19)11-22-9-6-13(2)26-15(4)20/h5,13,16H,1,6-12,17H2,2-4H3,(H,18,19)/t13-,16-,27?/m1/s1. The quantitative estimate of drug-likeness (QED) is 0.166. The number of carbonyl (C=O) groups excluding carboxylic acids is 2. The van der Waals surface area contributed by atoms with Crippen molar-refractivity contribution in [2.75, 3.05) is 39.6 Å². The Kier molecular flexibility index (Phi) is 14.0. The van der Waals surface area contributed by atoms with Gasteiger partial charge in [-0.3, -0.25) is 23.2 Å². The molecule has 158 valence electrons. The van der Waals surface area contributed by atoms with Crippen molar-refractivity contribution in [3.63, 3.8) is 0 Å². The van der Waals surface area contributed by atoms with Gasteiger partial charge >= 0.3 is 13.8 Å². The SMILES string of the molecule is C=CCOP(=O)(OCCN)OC[C@@H](COCC[C@@H](C)OC(C)=O)NC(C)=O. The van der Waals surface area contributed by atoms with Crippen LogP contribution < -0.4 is 11.1 Å². The molecular weight excluding hydrogens is 379 g/mol. The normalized spacial score (nSPS) is 15.4.